The Morgan fingerprint density at radius 2 is 2.04 bits per heavy atom. The Balaban J connectivity index is 1.61. The summed E-state index contributed by atoms with van der Waals surface area (Å²) < 4.78 is 1.71. The van der Waals surface area contributed by atoms with E-state index in [2.05, 4.69) is 5.10 Å². The van der Waals surface area contributed by atoms with Gasteiger partial charge in [0.2, 0.25) is 11.8 Å². The van der Waals surface area contributed by atoms with E-state index in [1.54, 1.807) is 10.9 Å². The largest absolute Gasteiger partial charge is 0.278 e. The first-order valence-electron chi connectivity index (χ1n) is 7.67. The third kappa shape index (κ3) is 3.56. The summed E-state index contributed by atoms with van der Waals surface area (Å²) in [5.41, 5.74) is 2.04. The molecule has 0 N–H and O–H groups in total. The van der Waals surface area contributed by atoms with Gasteiger partial charge in [-0.25, -0.2) is 0 Å². The van der Waals surface area contributed by atoms with Crippen LogP contribution in [-0.2, 0) is 23.1 Å². The molecular formula is C18H19N3O2. The van der Waals surface area contributed by atoms with E-state index in [0.717, 1.165) is 11.1 Å². The zero-order valence-corrected chi connectivity index (χ0v) is 13.1. The quantitative estimate of drug-likeness (QED) is 0.794. The van der Waals surface area contributed by atoms with Crippen LogP contribution in [0.3, 0.4) is 0 Å². The van der Waals surface area contributed by atoms with Gasteiger partial charge in [-0.15, -0.1) is 0 Å². The summed E-state index contributed by atoms with van der Waals surface area (Å²) in [6.07, 6.45) is 8.27. The van der Waals surface area contributed by atoms with E-state index in [9.17, 15) is 9.59 Å². The van der Waals surface area contributed by atoms with Gasteiger partial charge in [-0.05, 0) is 17.5 Å². The summed E-state index contributed by atoms with van der Waals surface area (Å²) in [5.74, 6) is -0.449. The first-order valence-corrected chi connectivity index (χ1v) is 7.67. The van der Waals surface area contributed by atoms with Crippen LogP contribution >= 0.6 is 0 Å². The SMILES string of the molecule is Cn1cc(CC2CC(=O)N(C/C=C/c3ccccc3)C2=O)cn1. The van der Waals surface area contributed by atoms with Crippen molar-refractivity contribution in [2.24, 2.45) is 13.0 Å². The Labute approximate surface area is 135 Å². The second-order valence-electron chi connectivity index (χ2n) is 5.78. The number of carbonyl (C=O) groups excluding carboxylic acids is 2. The van der Waals surface area contributed by atoms with E-state index in [1.165, 1.54) is 4.90 Å². The van der Waals surface area contributed by atoms with Crippen molar-refractivity contribution in [2.75, 3.05) is 6.54 Å². The Hall–Kier alpha value is -2.69. The van der Waals surface area contributed by atoms with Crippen LogP contribution < -0.4 is 0 Å². The van der Waals surface area contributed by atoms with Gasteiger partial charge < -0.3 is 0 Å². The van der Waals surface area contributed by atoms with Crippen molar-refractivity contribution in [1.29, 1.82) is 0 Å². The Morgan fingerprint density at radius 1 is 1.26 bits per heavy atom. The van der Waals surface area contributed by atoms with Crippen molar-refractivity contribution < 1.29 is 9.59 Å². The molecule has 1 aromatic heterocycles. The van der Waals surface area contributed by atoms with E-state index in [4.69, 9.17) is 0 Å². The van der Waals surface area contributed by atoms with Gasteiger partial charge in [0.15, 0.2) is 0 Å². The molecule has 1 atom stereocenters. The minimum atomic E-state index is -0.267. The van der Waals surface area contributed by atoms with Crippen molar-refractivity contribution in [2.45, 2.75) is 12.8 Å². The lowest BCUT2D eigenvalue weighted by Crippen LogP contribution is -2.31. The highest BCUT2D eigenvalue weighted by Crippen LogP contribution is 2.23. The number of aromatic nitrogens is 2. The van der Waals surface area contributed by atoms with E-state index in [0.29, 0.717) is 13.0 Å². The summed E-state index contributed by atoms with van der Waals surface area (Å²) in [6.45, 7) is 0.329. The predicted molar refractivity (Wildman–Crippen MR) is 87.2 cm³/mol. The Bertz CT molecular complexity index is 734. The molecule has 118 valence electrons. The number of hydrogen-bond donors (Lipinski definition) is 0. The van der Waals surface area contributed by atoms with Crippen LogP contribution in [-0.4, -0.2) is 33.0 Å². The fraction of sp³-hybridized carbons (Fsp3) is 0.278. The topological polar surface area (TPSA) is 55.2 Å². The summed E-state index contributed by atoms with van der Waals surface area (Å²) >= 11 is 0. The highest BCUT2D eigenvalue weighted by Gasteiger charge is 2.37. The molecule has 3 rings (SSSR count). The highest BCUT2D eigenvalue weighted by molar-refractivity contribution is 6.03. The number of imide groups is 1. The van der Waals surface area contributed by atoms with E-state index in [1.807, 2.05) is 55.7 Å². The molecule has 2 amide bonds. The maximum Gasteiger partial charge on any atom is 0.233 e. The van der Waals surface area contributed by atoms with Crippen LogP contribution in [0.4, 0.5) is 0 Å². The summed E-state index contributed by atoms with van der Waals surface area (Å²) in [4.78, 5) is 25.8. The predicted octanol–water partition coefficient (Wildman–Crippen LogP) is 2.05. The molecular weight excluding hydrogens is 290 g/mol. The molecule has 0 aliphatic carbocycles. The first kappa shape index (κ1) is 15.2. The van der Waals surface area contributed by atoms with Gasteiger partial charge in [-0.2, -0.15) is 5.10 Å². The van der Waals surface area contributed by atoms with Crippen molar-refractivity contribution >= 4 is 17.9 Å². The van der Waals surface area contributed by atoms with Crippen LogP contribution in [0.5, 0.6) is 0 Å². The highest BCUT2D eigenvalue weighted by atomic mass is 16.2. The van der Waals surface area contributed by atoms with Crippen molar-refractivity contribution in [3.8, 4) is 0 Å². The first-order chi connectivity index (χ1) is 11.1. The number of nitrogens with zero attached hydrogens (tertiary/aromatic N) is 3. The minimum Gasteiger partial charge on any atom is -0.278 e. The average Bonchev–Trinajstić information content (AvgIpc) is 3.06. The molecule has 1 aliphatic heterocycles. The van der Waals surface area contributed by atoms with E-state index >= 15 is 0 Å². The maximum absolute atomic E-state index is 12.4. The number of hydrogen-bond acceptors (Lipinski definition) is 3. The van der Waals surface area contributed by atoms with Gasteiger partial charge in [0.1, 0.15) is 0 Å². The van der Waals surface area contributed by atoms with Crippen LogP contribution in [0.2, 0.25) is 0 Å². The molecule has 5 nitrogen and oxygen atoms in total. The zero-order chi connectivity index (χ0) is 16.2. The maximum atomic E-state index is 12.4. The molecule has 1 aliphatic rings. The molecule has 23 heavy (non-hydrogen) atoms. The fourth-order valence-electron chi connectivity index (χ4n) is 2.82. The molecule has 0 saturated carbocycles. The number of rotatable bonds is 5. The van der Waals surface area contributed by atoms with Crippen LogP contribution in [0.25, 0.3) is 6.08 Å². The molecule has 5 heteroatoms. The summed E-state index contributed by atoms with van der Waals surface area (Å²) in [5, 5.41) is 4.10. The smallest absolute Gasteiger partial charge is 0.233 e. The van der Waals surface area contributed by atoms with Crippen LogP contribution in [0, 0.1) is 5.92 Å². The van der Waals surface area contributed by atoms with E-state index in [-0.39, 0.29) is 24.2 Å². The standard InChI is InChI=1S/C18H19N3O2/c1-20-13-15(12-19-20)10-16-11-17(22)21(18(16)23)9-5-8-14-6-3-2-4-7-14/h2-8,12-13,16H,9-11H2,1H3/b8-5+. The van der Waals surface area contributed by atoms with Crippen LogP contribution in [0.1, 0.15) is 17.5 Å². The minimum absolute atomic E-state index is 0.0865. The summed E-state index contributed by atoms with van der Waals surface area (Å²) in [7, 11) is 1.84. The average molecular weight is 309 g/mol. The number of benzene rings is 1. The number of aryl methyl sites for hydroxylation is 1. The van der Waals surface area contributed by atoms with Crippen molar-refractivity contribution in [3.05, 3.63) is 59.9 Å². The van der Waals surface area contributed by atoms with Crippen LogP contribution in [0.15, 0.2) is 48.8 Å². The summed E-state index contributed by atoms with van der Waals surface area (Å²) in [6, 6.07) is 9.82. The Morgan fingerprint density at radius 3 is 2.74 bits per heavy atom. The molecule has 1 unspecified atom stereocenters. The zero-order valence-electron chi connectivity index (χ0n) is 13.1. The number of amides is 2. The molecule has 1 saturated heterocycles. The van der Waals surface area contributed by atoms with Crippen molar-refractivity contribution in [3.63, 3.8) is 0 Å². The lowest BCUT2D eigenvalue weighted by atomic mass is 10.0. The lowest BCUT2D eigenvalue weighted by molar-refractivity contribution is -0.138. The third-order valence-electron chi connectivity index (χ3n) is 3.98. The van der Waals surface area contributed by atoms with Gasteiger partial charge in [-0.3, -0.25) is 19.2 Å². The van der Waals surface area contributed by atoms with Gasteiger partial charge in [-0.1, -0.05) is 42.5 Å². The van der Waals surface area contributed by atoms with Gasteiger partial charge in [0, 0.05) is 26.2 Å². The third-order valence-corrected chi connectivity index (χ3v) is 3.98. The van der Waals surface area contributed by atoms with Crippen molar-refractivity contribution in [1.82, 2.24) is 14.7 Å². The molecule has 2 aromatic rings. The molecule has 2 heterocycles. The normalized spacial score (nSPS) is 18.3. The second kappa shape index (κ2) is 6.60. The fourth-order valence-corrected chi connectivity index (χ4v) is 2.82. The van der Waals surface area contributed by atoms with Gasteiger partial charge >= 0.3 is 0 Å². The van der Waals surface area contributed by atoms with Gasteiger partial charge in [0.05, 0.1) is 12.1 Å². The molecule has 0 radical (unpaired) electrons. The molecule has 1 fully saturated rings. The van der Waals surface area contributed by atoms with E-state index < -0.39 is 0 Å². The monoisotopic (exact) mass is 309 g/mol. The number of carbonyl (C=O) groups is 2. The second-order valence-corrected chi connectivity index (χ2v) is 5.78. The molecule has 0 bridgehead atoms. The lowest BCUT2D eigenvalue weighted by Gasteiger charge is -2.12. The number of likely N-dealkylation sites (tertiary alicyclic amines) is 1. The Kier molecular flexibility index (Phi) is 4.37. The molecule has 0 spiro atoms. The van der Waals surface area contributed by atoms with Gasteiger partial charge in [0.25, 0.3) is 0 Å². The molecule has 1 aromatic carbocycles.